The van der Waals surface area contributed by atoms with Crippen molar-refractivity contribution >= 4 is 12.1 Å². The Balaban J connectivity index is 3.02. The van der Waals surface area contributed by atoms with Gasteiger partial charge in [0.1, 0.15) is 11.2 Å². The number of aryl methyl sites for hydroxylation is 1. The van der Waals surface area contributed by atoms with Crippen molar-refractivity contribution in [2.24, 2.45) is 0 Å². The van der Waals surface area contributed by atoms with Gasteiger partial charge in [0, 0.05) is 0 Å². The molecule has 5 nitrogen and oxygen atoms in total. The molecule has 5 heteroatoms. The quantitative estimate of drug-likeness (QED) is 0.858. The molecule has 0 aliphatic rings. The first-order valence-electron chi connectivity index (χ1n) is 7.66. The summed E-state index contributed by atoms with van der Waals surface area (Å²) in [6.45, 7) is 12.6. The van der Waals surface area contributed by atoms with E-state index in [9.17, 15) is 9.59 Å². The summed E-state index contributed by atoms with van der Waals surface area (Å²) < 4.78 is 10.7. The molecule has 1 amide bonds. The summed E-state index contributed by atoms with van der Waals surface area (Å²) in [5.41, 5.74) is 0.358. The predicted molar refractivity (Wildman–Crippen MR) is 89.1 cm³/mol. The molecule has 0 bridgehead atoms. The van der Waals surface area contributed by atoms with Crippen LogP contribution in [-0.2, 0) is 14.3 Å². The lowest BCUT2D eigenvalue weighted by atomic mass is 10.0. The lowest BCUT2D eigenvalue weighted by molar-refractivity contribution is -0.157. The summed E-state index contributed by atoms with van der Waals surface area (Å²) in [5, 5.41) is 2.60. The molecule has 0 aromatic heterocycles. The maximum absolute atomic E-state index is 12.5. The highest BCUT2D eigenvalue weighted by Crippen LogP contribution is 2.20. The number of carbonyl (C=O) groups is 2. The zero-order chi connectivity index (χ0) is 17.8. The molecule has 0 saturated carbocycles. The predicted octanol–water partition coefficient (Wildman–Crippen LogP) is 3.90. The van der Waals surface area contributed by atoms with E-state index in [-0.39, 0.29) is 0 Å². The van der Waals surface area contributed by atoms with Gasteiger partial charge in [-0.1, -0.05) is 29.8 Å². The number of amides is 1. The maximum Gasteiger partial charge on any atom is 0.408 e. The van der Waals surface area contributed by atoms with E-state index in [0.29, 0.717) is 5.56 Å². The molecule has 0 aliphatic carbocycles. The molecule has 128 valence electrons. The molecule has 23 heavy (non-hydrogen) atoms. The van der Waals surface area contributed by atoms with Crippen LogP contribution in [0.4, 0.5) is 4.79 Å². The fourth-order valence-electron chi connectivity index (χ4n) is 1.91. The Kier molecular flexibility index (Phi) is 5.81. The minimum absolute atomic E-state index is 0.519. The summed E-state index contributed by atoms with van der Waals surface area (Å²) >= 11 is 0. The Labute approximate surface area is 138 Å². The van der Waals surface area contributed by atoms with Gasteiger partial charge < -0.3 is 14.8 Å². The van der Waals surface area contributed by atoms with Crippen molar-refractivity contribution in [2.75, 3.05) is 0 Å². The number of rotatable bonds is 3. The standard InChI is InChI=1S/C18H27NO4/c1-12-9-8-10-13(11-12)14(15(20)22-17(2,3)4)19-16(21)23-18(5,6)7/h8-11,14H,1-7H3,(H,19,21)/t14-/m0/s1. The molecule has 0 saturated heterocycles. The van der Waals surface area contributed by atoms with E-state index in [1.54, 1.807) is 47.6 Å². The number of alkyl carbamates (subject to hydrolysis) is 1. The number of benzene rings is 1. The Morgan fingerprint density at radius 3 is 2.04 bits per heavy atom. The Bertz CT molecular complexity index is 567. The number of hydrogen-bond acceptors (Lipinski definition) is 4. The minimum atomic E-state index is -0.913. The Morgan fingerprint density at radius 2 is 1.57 bits per heavy atom. The van der Waals surface area contributed by atoms with Crippen LogP contribution in [0.5, 0.6) is 0 Å². The SMILES string of the molecule is Cc1cccc([C@H](NC(=O)OC(C)(C)C)C(=O)OC(C)(C)C)c1. The highest BCUT2D eigenvalue weighted by Gasteiger charge is 2.30. The highest BCUT2D eigenvalue weighted by atomic mass is 16.6. The van der Waals surface area contributed by atoms with Gasteiger partial charge in [0.2, 0.25) is 0 Å². The van der Waals surface area contributed by atoms with Gasteiger partial charge >= 0.3 is 12.1 Å². The van der Waals surface area contributed by atoms with Crippen molar-refractivity contribution in [1.82, 2.24) is 5.32 Å². The van der Waals surface area contributed by atoms with Gasteiger partial charge in [-0.05, 0) is 54.0 Å². The van der Waals surface area contributed by atoms with Crippen LogP contribution in [0, 0.1) is 6.92 Å². The first kappa shape index (κ1) is 19.0. The second-order valence-electron chi connectivity index (χ2n) is 7.53. The molecule has 0 radical (unpaired) electrons. The van der Waals surface area contributed by atoms with Crippen LogP contribution < -0.4 is 5.32 Å². The van der Waals surface area contributed by atoms with Crippen LogP contribution in [0.3, 0.4) is 0 Å². The van der Waals surface area contributed by atoms with Crippen molar-refractivity contribution < 1.29 is 19.1 Å². The molecule has 0 fully saturated rings. The second kappa shape index (κ2) is 7.02. The van der Waals surface area contributed by atoms with Crippen LogP contribution in [0.25, 0.3) is 0 Å². The van der Waals surface area contributed by atoms with Gasteiger partial charge in [-0.3, -0.25) is 0 Å². The molecule has 0 heterocycles. The van der Waals surface area contributed by atoms with Crippen molar-refractivity contribution in [3.63, 3.8) is 0 Å². The molecule has 1 N–H and O–H groups in total. The maximum atomic E-state index is 12.5. The zero-order valence-electron chi connectivity index (χ0n) is 15.0. The molecular weight excluding hydrogens is 294 g/mol. The zero-order valence-corrected chi connectivity index (χ0v) is 15.0. The molecule has 0 spiro atoms. The summed E-state index contributed by atoms with van der Waals surface area (Å²) in [4.78, 5) is 24.5. The van der Waals surface area contributed by atoms with Crippen LogP contribution in [-0.4, -0.2) is 23.3 Å². The number of esters is 1. The fraction of sp³-hybridized carbons (Fsp3) is 0.556. The van der Waals surface area contributed by atoms with E-state index in [2.05, 4.69) is 5.32 Å². The van der Waals surface area contributed by atoms with Crippen molar-refractivity contribution in [3.8, 4) is 0 Å². The third-order valence-electron chi connectivity index (χ3n) is 2.68. The largest absolute Gasteiger partial charge is 0.458 e. The molecule has 1 aromatic carbocycles. The van der Waals surface area contributed by atoms with E-state index >= 15 is 0 Å². The topological polar surface area (TPSA) is 64.6 Å². The summed E-state index contributed by atoms with van der Waals surface area (Å²) in [6.07, 6.45) is -0.658. The second-order valence-corrected chi connectivity index (χ2v) is 7.53. The van der Waals surface area contributed by atoms with Gasteiger partial charge in [-0.25, -0.2) is 9.59 Å². The van der Waals surface area contributed by atoms with Gasteiger partial charge in [0.25, 0.3) is 0 Å². The van der Waals surface area contributed by atoms with Crippen molar-refractivity contribution in [1.29, 1.82) is 0 Å². The van der Waals surface area contributed by atoms with Gasteiger partial charge in [0.15, 0.2) is 6.04 Å². The highest BCUT2D eigenvalue weighted by molar-refractivity contribution is 5.83. The summed E-state index contributed by atoms with van der Waals surface area (Å²) in [6, 6.07) is 6.45. The lowest BCUT2D eigenvalue weighted by Crippen LogP contribution is -2.40. The normalized spacial score (nSPS) is 13.2. The van der Waals surface area contributed by atoms with Crippen molar-refractivity contribution in [3.05, 3.63) is 35.4 Å². The fourth-order valence-corrected chi connectivity index (χ4v) is 1.91. The molecular formula is C18H27NO4. The lowest BCUT2D eigenvalue weighted by Gasteiger charge is -2.26. The van der Waals surface area contributed by atoms with Crippen LogP contribution >= 0.6 is 0 Å². The first-order valence-corrected chi connectivity index (χ1v) is 7.66. The van der Waals surface area contributed by atoms with Crippen molar-refractivity contribution in [2.45, 2.75) is 65.7 Å². The first-order chi connectivity index (χ1) is 10.4. The monoisotopic (exact) mass is 321 g/mol. The molecule has 1 aromatic rings. The Hall–Kier alpha value is -2.04. The number of nitrogens with one attached hydrogen (secondary N) is 1. The summed E-state index contributed by atoms with van der Waals surface area (Å²) in [5.74, 6) is -0.519. The number of carbonyl (C=O) groups excluding carboxylic acids is 2. The van der Waals surface area contributed by atoms with Gasteiger partial charge in [-0.2, -0.15) is 0 Å². The average Bonchev–Trinajstić information content (AvgIpc) is 2.31. The minimum Gasteiger partial charge on any atom is -0.458 e. The number of ether oxygens (including phenoxy) is 2. The Morgan fingerprint density at radius 1 is 1.00 bits per heavy atom. The van der Waals surface area contributed by atoms with Gasteiger partial charge in [-0.15, -0.1) is 0 Å². The average molecular weight is 321 g/mol. The van der Waals surface area contributed by atoms with Crippen LogP contribution in [0.15, 0.2) is 24.3 Å². The third kappa shape index (κ3) is 7.17. The van der Waals surface area contributed by atoms with Crippen LogP contribution in [0.2, 0.25) is 0 Å². The molecule has 1 atom stereocenters. The van der Waals surface area contributed by atoms with Gasteiger partial charge in [0.05, 0.1) is 0 Å². The van der Waals surface area contributed by atoms with E-state index < -0.39 is 29.3 Å². The molecule has 0 unspecified atom stereocenters. The van der Waals surface area contributed by atoms with E-state index in [1.165, 1.54) is 0 Å². The third-order valence-corrected chi connectivity index (χ3v) is 2.68. The smallest absolute Gasteiger partial charge is 0.408 e. The molecule has 0 aliphatic heterocycles. The van der Waals surface area contributed by atoms with Crippen LogP contribution in [0.1, 0.15) is 58.7 Å². The molecule has 1 rings (SSSR count). The van der Waals surface area contributed by atoms with E-state index in [1.807, 2.05) is 25.1 Å². The summed E-state index contributed by atoms with van der Waals surface area (Å²) in [7, 11) is 0. The van der Waals surface area contributed by atoms with E-state index in [0.717, 1.165) is 5.56 Å². The number of hydrogen-bond donors (Lipinski definition) is 1. The van der Waals surface area contributed by atoms with E-state index in [4.69, 9.17) is 9.47 Å².